The van der Waals surface area contributed by atoms with Gasteiger partial charge in [0.05, 0.1) is 17.3 Å². The zero-order chi connectivity index (χ0) is 12.3. The van der Waals surface area contributed by atoms with Crippen molar-refractivity contribution in [3.05, 3.63) is 21.7 Å². The van der Waals surface area contributed by atoms with Crippen molar-refractivity contribution in [2.24, 2.45) is 5.92 Å². The predicted octanol–water partition coefficient (Wildman–Crippen LogP) is 3.47. The topological polar surface area (TPSA) is 33.1 Å². The molecule has 0 spiro atoms. The highest BCUT2D eigenvalue weighted by molar-refractivity contribution is 7.09. The molecular formula is C13H21NOS. The molecule has 0 amide bonds. The normalized spacial score (nSPS) is 13.6. The third kappa shape index (κ3) is 3.42. The van der Waals surface area contributed by atoms with Crippen LogP contribution >= 0.6 is 11.3 Å². The third-order valence-electron chi connectivity index (χ3n) is 2.42. The largest absolute Gasteiger partial charge is 0.392 e. The summed E-state index contributed by atoms with van der Waals surface area (Å²) in [5.41, 5.74) is 2.10. The molecule has 0 saturated heterocycles. The fraction of sp³-hybridized carbons (Fsp3) is 0.615. The van der Waals surface area contributed by atoms with Crippen molar-refractivity contribution in [2.75, 3.05) is 6.61 Å². The summed E-state index contributed by atoms with van der Waals surface area (Å²) in [5, 5.41) is 12.4. The summed E-state index contributed by atoms with van der Waals surface area (Å²) in [6.07, 6.45) is 2.00. The zero-order valence-electron chi connectivity index (χ0n) is 10.7. The van der Waals surface area contributed by atoms with Gasteiger partial charge in [0.15, 0.2) is 0 Å². The molecule has 1 heterocycles. The molecule has 0 aliphatic heterocycles. The summed E-state index contributed by atoms with van der Waals surface area (Å²) in [7, 11) is 0. The maximum absolute atomic E-state index is 9.23. The highest BCUT2D eigenvalue weighted by Crippen LogP contribution is 2.26. The number of aliphatic hydroxyl groups is 1. The van der Waals surface area contributed by atoms with Crippen LogP contribution in [0.15, 0.2) is 11.0 Å². The molecule has 0 atom stereocenters. The summed E-state index contributed by atoms with van der Waals surface area (Å²) in [6.45, 7) is 10.8. The van der Waals surface area contributed by atoms with Gasteiger partial charge in [-0.25, -0.2) is 4.98 Å². The molecule has 16 heavy (non-hydrogen) atoms. The molecule has 1 rings (SSSR count). The van der Waals surface area contributed by atoms with Gasteiger partial charge >= 0.3 is 0 Å². The molecule has 0 fully saturated rings. The molecule has 3 heteroatoms. The lowest BCUT2D eigenvalue weighted by atomic mass is 9.98. The second-order valence-corrected chi connectivity index (χ2v) is 6.22. The molecule has 0 aliphatic carbocycles. The first-order valence-electron chi connectivity index (χ1n) is 5.62. The number of hydrogen-bond donors (Lipinski definition) is 1. The van der Waals surface area contributed by atoms with E-state index in [0.717, 1.165) is 16.3 Å². The van der Waals surface area contributed by atoms with Crippen molar-refractivity contribution < 1.29 is 5.11 Å². The summed E-state index contributed by atoms with van der Waals surface area (Å²) < 4.78 is 0. The fourth-order valence-electron chi connectivity index (χ4n) is 1.28. The van der Waals surface area contributed by atoms with Crippen LogP contribution in [0.25, 0.3) is 6.08 Å². The van der Waals surface area contributed by atoms with Crippen LogP contribution in [0, 0.1) is 5.92 Å². The van der Waals surface area contributed by atoms with E-state index in [4.69, 9.17) is 0 Å². The highest BCUT2D eigenvalue weighted by Gasteiger charge is 2.17. The van der Waals surface area contributed by atoms with Crippen LogP contribution < -0.4 is 0 Å². The quantitative estimate of drug-likeness (QED) is 0.876. The predicted molar refractivity (Wildman–Crippen MR) is 70.7 cm³/mol. The molecule has 1 aromatic rings. The van der Waals surface area contributed by atoms with Crippen LogP contribution in [-0.4, -0.2) is 16.7 Å². The van der Waals surface area contributed by atoms with Crippen LogP contribution in [0.4, 0.5) is 0 Å². The third-order valence-corrected chi connectivity index (χ3v) is 3.71. The van der Waals surface area contributed by atoms with E-state index in [1.165, 1.54) is 0 Å². The standard InChI is InChI=1S/C13H21NOS/c1-9(2)10(7-15)6-11-8-16-12(14-11)13(3,4)5/h6,8-9,15H,7H2,1-5H3. The molecule has 0 aromatic carbocycles. The molecule has 1 N–H and O–H groups in total. The first-order valence-corrected chi connectivity index (χ1v) is 6.50. The van der Waals surface area contributed by atoms with Crippen molar-refractivity contribution in [1.29, 1.82) is 0 Å². The zero-order valence-corrected chi connectivity index (χ0v) is 11.6. The number of aromatic nitrogens is 1. The van der Waals surface area contributed by atoms with Gasteiger partial charge in [0, 0.05) is 10.8 Å². The summed E-state index contributed by atoms with van der Waals surface area (Å²) in [5.74, 6) is 0.366. The molecule has 1 aromatic heterocycles. The van der Waals surface area contributed by atoms with E-state index >= 15 is 0 Å². The first kappa shape index (κ1) is 13.4. The van der Waals surface area contributed by atoms with Crippen molar-refractivity contribution in [2.45, 2.75) is 40.0 Å². The number of aliphatic hydroxyl groups excluding tert-OH is 1. The first-order chi connectivity index (χ1) is 7.34. The van der Waals surface area contributed by atoms with Gasteiger partial charge in [0.25, 0.3) is 0 Å². The lowest BCUT2D eigenvalue weighted by Gasteiger charge is -2.13. The van der Waals surface area contributed by atoms with Crippen molar-refractivity contribution in [3.63, 3.8) is 0 Å². The number of hydrogen-bond acceptors (Lipinski definition) is 3. The molecule has 2 nitrogen and oxygen atoms in total. The average molecular weight is 239 g/mol. The van der Waals surface area contributed by atoms with Crippen LogP contribution in [-0.2, 0) is 5.41 Å². The van der Waals surface area contributed by atoms with Crippen molar-refractivity contribution in [1.82, 2.24) is 4.98 Å². The van der Waals surface area contributed by atoms with E-state index in [9.17, 15) is 5.11 Å². The Labute approximate surface area is 102 Å². The monoisotopic (exact) mass is 239 g/mol. The van der Waals surface area contributed by atoms with Gasteiger partial charge in [-0.3, -0.25) is 0 Å². The van der Waals surface area contributed by atoms with Crippen LogP contribution in [0.3, 0.4) is 0 Å². The van der Waals surface area contributed by atoms with Crippen molar-refractivity contribution >= 4 is 17.4 Å². The maximum atomic E-state index is 9.23. The summed E-state index contributed by atoms with van der Waals surface area (Å²) in [6, 6.07) is 0. The Kier molecular flexibility index (Phi) is 4.28. The van der Waals surface area contributed by atoms with Crippen LogP contribution in [0.1, 0.15) is 45.3 Å². The molecular weight excluding hydrogens is 218 g/mol. The molecule has 0 bridgehead atoms. The smallest absolute Gasteiger partial charge is 0.0985 e. The van der Waals surface area contributed by atoms with E-state index in [2.05, 4.69) is 45.0 Å². The Morgan fingerprint density at radius 3 is 2.50 bits per heavy atom. The van der Waals surface area contributed by atoms with E-state index < -0.39 is 0 Å². The molecule has 0 unspecified atom stereocenters. The van der Waals surface area contributed by atoms with Gasteiger partial charge in [-0.2, -0.15) is 0 Å². The minimum absolute atomic E-state index is 0.105. The Morgan fingerprint density at radius 1 is 1.50 bits per heavy atom. The second kappa shape index (κ2) is 5.11. The Hall–Kier alpha value is -0.670. The number of nitrogens with zero attached hydrogens (tertiary/aromatic N) is 1. The van der Waals surface area contributed by atoms with Gasteiger partial charge < -0.3 is 5.11 Å². The Bertz CT molecular complexity index is 372. The maximum Gasteiger partial charge on any atom is 0.0985 e. The summed E-state index contributed by atoms with van der Waals surface area (Å²) >= 11 is 1.68. The Morgan fingerprint density at radius 2 is 2.12 bits per heavy atom. The molecule has 0 saturated carbocycles. The molecule has 0 aliphatic rings. The van der Waals surface area contributed by atoms with E-state index in [1.54, 1.807) is 11.3 Å². The van der Waals surface area contributed by atoms with Crippen LogP contribution in [0.5, 0.6) is 0 Å². The number of thiazole rings is 1. The lowest BCUT2D eigenvalue weighted by Crippen LogP contribution is -2.10. The second-order valence-electron chi connectivity index (χ2n) is 5.36. The lowest BCUT2D eigenvalue weighted by molar-refractivity contribution is 0.320. The number of rotatable bonds is 3. The van der Waals surface area contributed by atoms with Gasteiger partial charge in [-0.1, -0.05) is 34.6 Å². The summed E-state index contributed by atoms with van der Waals surface area (Å²) in [4.78, 5) is 4.58. The van der Waals surface area contributed by atoms with Gasteiger partial charge in [0.2, 0.25) is 0 Å². The van der Waals surface area contributed by atoms with Crippen LogP contribution in [0.2, 0.25) is 0 Å². The highest BCUT2D eigenvalue weighted by atomic mass is 32.1. The molecule has 0 radical (unpaired) electrons. The average Bonchev–Trinajstić information content (AvgIpc) is 2.61. The molecule has 90 valence electrons. The van der Waals surface area contributed by atoms with E-state index in [-0.39, 0.29) is 12.0 Å². The SMILES string of the molecule is CC(C)C(=Cc1csc(C(C)(C)C)n1)CO. The fourth-order valence-corrected chi connectivity index (χ4v) is 2.15. The van der Waals surface area contributed by atoms with Crippen molar-refractivity contribution in [3.8, 4) is 0 Å². The van der Waals surface area contributed by atoms with E-state index in [1.807, 2.05) is 6.08 Å². The minimum Gasteiger partial charge on any atom is -0.392 e. The minimum atomic E-state index is 0.105. The van der Waals surface area contributed by atoms with E-state index in [0.29, 0.717) is 5.92 Å². The van der Waals surface area contributed by atoms with Gasteiger partial charge in [0.1, 0.15) is 0 Å². The van der Waals surface area contributed by atoms with Gasteiger partial charge in [-0.15, -0.1) is 11.3 Å². The van der Waals surface area contributed by atoms with Gasteiger partial charge in [-0.05, 0) is 17.6 Å². The Balaban J connectivity index is 2.95.